The van der Waals surface area contributed by atoms with Crippen LogP contribution in [-0.4, -0.2) is 48.7 Å². The summed E-state index contributed by atoms with van der Waals surface area (Å²) >= 11 is 0. The lowest BCUT2D eigenvalue weighted by molar-refractivity contribution is 0.0588. The molecule has 1 fully saturated rings. The first-order chi connectivity index (χ1) is 9.44. The maximum absolute atomic E-state index is 12.2. The zero-order valence-corrected chi connectivity index (χ0v) is 12.3. The molecule has 0 spiro atoms. The van der Waals surface area contributed by atoms with Crippen LogP contribution in [0.25, 0.3) is 0 Å². The van der Waals surface area contributed by atoms with Crippen molar-refractivity contribution >= 4 is 22.0 Å². The third-order valence-corrected chi connectivity index (χ3v) is 4.67. The van der Waals surface area contributed by atoms with E-state index in [4.69, 9.17) is 0 Å². The lowest BCUT2D eigenvalue weighted by Gasteiger charge is -2.25. The van der Waals surface area contributed by atoms with Gasteiger partial charge in [0, 0.05) is 26.2 Å². The Kier molecular flexibility index (Phi) is 4.29. The summed E-state index contributed by atoms with van der Waals surface area (Å²) in [5.41, 5.74) is 0.184. The smallest absolute Gasteiger partial charge is 0.356 e. The number of aromatic nitrogens is 2. The minimum atomic E-state index is -3.62. The molecule has 0 atom stereocenters. The lowest BCUT2D eigenvalue weighted by Crippen LogP contribution is -2.39. The number of hydrogen-bond donors (Lipinski definition) is 1. The number of aryl methyl sites for hydroxylation is 1. The number of nitrogens with one attached hydrogen (secondary N) is 1. The van der Waals surface area contributed by atoms with Crippen LogP contribution in [-0.2, 0) is 22.0 Å². The number of carbonyl (C=O) groups is 1. The molecule has 20 heavy (non-hydrogen) atoms. The van der Waals surface area contributed by atoms with E-state index in [0.717, 1.165) is 19.3 Å². The van der Waals surface area contributed by atoms with Gasteiger partial charge in [-0.05, 0) is 12.8 Å². The van der Waals surface area contributed by atoms with Crippen molar-refractivity contribution < 1.29 is 17.9 Å². The van der Waals surface area contributed by atoms with E-state index >= 15 is 0 Å². The second kappa shape index (κ2) is 5.80. The first-order valence-corrected chi connectivity index (χ1v) is 7.78. The van der Waals surface area contributed by atoms with Crippen LogP contribution in [0.3, 0.4) is 0 Å². The van der Waals surface area contributed by atoms with E-state index in [2.05, 4.69) is 14.6 Å². The van der Waals surface area contributed by atoms with Gasteiger partial charge in [-0.1, -0.05) is 6.42 Å². The number of anilines is 1. The summed E-state index contributed by atoms with van der Waals surface area (Å²) in [7, 11) is -0.813. The molecule has 0 radical (unpaired) electrons. The summed E-state index contributed by atoms with van der Waals surface area (Å²) in [4.78, 5) is 11.4. The highest BCUT2D eigenvalue weighted by Crippen LogP contribution is 2.16. The van der Waals surface area contributed by atoms with Crippen LogP contribution >= 0.6 is 0 Å². The Morgan fingerprint density at radius 3 is 2.60 bits per heavy atom. The van der Waals surface area contributed by atoms with Crippen LogP contribution in [0.15, 0.2) is 6.07 Å². The fourth-order valence-electron chi connectivity index (χ4n) is 2.11. The SMILES string of the molecule is COC(=O)c1cc(NS(=O)(=O)N2CCCCC2)nn1C. The number of esters is 1. The van der Waals surface area contributed by atoms with Gasteiger partial charge in [-0.25, -0.2) is 4.79 Å². The van der Waals surface area contributed by atoms with Gasteiger partial charge in [0.2, 0.25) is 0 Å². The molecule has 1 N–H and O–H groups in total. The number of nitrogens with zero attached hydrogens (tertiary/aromatic N) is 3. The highest BCUT2D eigenvalue weighted by molar-refractivity contribution is 7.90. The summed E-state index contributed by atoms with van der Waals surface area (Å²) in [6.07, 6.45) is 2.76. The largest absolute Gasteiger partial charge is 0.464 e. The summed E-state index contributed by atoms with van der Waals surface area (Å²) in [5.74, 6) is -0.457. The second-order valence-electron chi connectivity index (χ2n) is 4.60. The summed E-state index contributed by atoms with van der Waals surface area (Å²) < 4.78 is 34.0. The number of ether oxygens (including phenoxy) is 1. The van der Waals surface area contributed by atoms with Crippen molar-refractivity contribution in [3.05, 3.63) is 11.8 Å². The lowest BCUT2D eigenvalue weighted by atomic mass is 10.2. The van der Waals surface area contributed by atoms with Crippen molar-refractivity contribution in [1.29, 1.82) is 0 Å². The molecule has 0 bridgehead atoms. The van der Waals surface area contributed by atoms with Crippen molar-refractivity contribution in [1.82, 2.24) is 14.1 Å². The monoisotopic (exact) mass is 302 g/mol. The zero-order valence-electron chi connectivity index (χ0n) is 11.5. The molecule has 2 rings (SSSR count). The predicted octanol–water partition coefficient (Wildman–Crippen LogP) is 0.349. The van der Waals surface area contributed by atoms with Crippen molar-refractivity contribution in [2.24, 2.45) is 7.05 Å². The van der Waals surface area contributed by atoms with E-state index < -0.39 is 16.2 Å². The highest BCUT2D eigenvalue weighted by atomic mass is 32.2. The molecule has 0 saturated carbocycles. The molecular formula is C11H18N4O4S. The Labute approximate surface area is 117 Å². The maximum Gasteiger partial charge on any atom is 0.356 e. The molecular weight excluding hydrogens is 284 g/mol. The number of rotatable bonds is 4. The van der Waals surface area contributed by atoms with Crippen LogP contribution in [0, 0.1) is 0 Å². The third kappa shape index (κ3) is 3.10. The first kappa shape index (κ1) is 14.8. The Bertz CT molecular complexity index is 590. The Balaban J connectivity index is 2.15. The molecule has 1 aliphatic rings. The van der Waals surface area contributed by atoms with Crippen LogP contribution in [0.4, 0.5) is 5.82 Å². The average molecular weight is 302 g/mol. The van der Waals surface area contributed by atoms with E-state index in [1.807, 2.05) is 0 Å². The summed E-state index contributed by atoms with van der Waals surface area (Å²) in [5, 5.41) is 3.96. The van der Waals surface area contributed by atoms with Gasteiger partial charge in [0.05, 0.1) is 7.11 Å². The van der Waals surface area contributed by atoms with Gasteiger partial charge in [0.15, 0.2) is 5.82 Å². The zero-order chi connectivity index (χ0) is 14.8. The molecule has 0 aliphatic carbocycles. The van der Waals surface area contributed by atoms with E-state index in [0.29, 0.717) is 13.1 Å². The van der Waals surface area contributed by atoms with Crippen molar-refractivity contribution in [2.75, 3.05) is 24.9 Å². The Hall–Kier alpha value is -1.61. The molecule has 0 aromatic carbocycles. The van der Waals surface area contributed by atoms with E-state index in [-0.39, 0.29) is 11.5 Å². The second-order valence-corrected chi connectivity index (χ2v) is 6.27. The van der Waals surface area contributed by atoms with Gasteiger partial charge in [0.25, 0.3) is 0 Å². The predicted molar refractivity (Wildman–Crippen MR) is 72.5 cm³/mol. The molecule has 1 aromatic rings. The summed E-state index contributed by atoms with van der Waals surface area (Å²) in [6, 6.07) is 1.35. The van der Waals surface area contributed by atoms with Crippen molar-refractivity contribution in [3.8, 4) is 0 Å². The number of methoxy groups -OCH3 is 1. The fraction of sp³-hybridized carbons (Fsp3) is 0.636. The van der Waals surface area contributed by atoms with Crippen LogP contribution in [0.2, 0.25) is 0 Å². The number of piperidine rings is 1. The molecule has 0 amide bonds. The maximum atomic E-state index is 12.2. The van der Waals surface area contributed by atoms with E-state index in [1.165, 1.54) is 22.2 Å². The molecule has 1 aliphatic heterocycles. The van der Waals surface area contributed by atoms with Gasteiger partial charge in [0.1, 0.15) is 5.69 Å². The standard InChI is InChI=1S/C11H18N4O4S/c1-14-9(11(16)19-2)8-10(12-14)13-20(17,18)15-6-4-3-5-7-15/h8H,3-7H2,1-2H3,(H,12,13). The van der Waals surface area contributed by atoms with Gasteiger partial charge < -0.3 is 4.74 Å². The van der Waals surface area contributed by atoms with E-state index in [1.54, 1.807) is 7.05 Å². The number of hydrogen-bond acceptors (Lipinski definition) is 5. The van der Waals surface area contributed by atoms with Gasteiger partial charge in [-0.2, -0.15) is 17.8 Å². The van der Waals surface area contributed by atoms with Gasteiger partial charge >= 0.3 is 16.2 Å². The third-order valence-electron chi connectivity index (χ3n) is 3.16. The molecule has 1 aromatic heterocycles. The van der Waals surface area contributed by atoms with Gasteiger partial charge in [-0.3, -0.25) is 9.40 Å². The Morgan fingerprint density at radius 2 is 2.00 bits per heavy atom. The summed E-state index contributed by atoms with van der Waals surface area (Å²) in [6.45, 7) is 1.01. The molecule has 8 nitrogen and oxygen atoms in total. The fourth-order valence-corrected chi connectivity index (χ4v) is 3.35. The minimum absolute atomic E-state index is 0.110. The molecule has 9 heteroatoms. The van der Waals surface area contributed by atoms with Crippen LogP contribution in [0.1, 0.15) is 29.8 Å². The minimum Gasteiger partial charge on any atom is -0.464 e. The normalized spacial score (nSPS) is 16.9. The topological polar surface area (TPSA) is 93.5 Å². The molecule has 2 heterocycles. The van der Waals surface area contributed by atoms with Crippen molar-refractivity contribution in [3.63, 3.8) is 0 Å². The molecule has 112 valence electrons. The number of carbonyl (C=O) groups excluding carboxylic acids is 1. The van der Waals surface area contributed by atoms with E-state index in [9.17, 15) is 13.2 Å². The average Bonchev–Trinajstić information content (AvgIpc) is 2.79. The quantitative estimate of drug-likeness (QED) is 0.810. The highest BCUT2D eigenvalue weighted by Gasteiger charge is 2.25. The van der Waals surface area contributed by atoms with Crippen molar-refractivity contribution in [2.45, 2.75) is 19.3 Å². The van der Waals surface area contributed by atoms with Crippen LogP contribution < -0.4 is 4.72 Å². The molecule has 0 unspecified atom stereocenters. The molecule has 1 saturated heterocycles. The van der Waals surface area contributed by atoms with Crippen LogP contribution in [0.5, 0.6) is 0 Å². The Morgan fingerprint density at radius 1 is 1.35 bits per heavy atom. The first-order valence-electron chi connectivity index (χ1n) is 6.34. The van der Waals surface area contributed by atoms with Gasteiger partial charge in [-0.15, -0.1) is 0 Å².